The van der Waals surface area contributed by atoms with Crippen molar-refractivity contribution in [1.82, 2.24) is 4.90 Å². The molecule has 3 atom stereocenters. The van der Waals surface area contributed by atoms with Gasteiger partial charge >= 0.3 is 0 Å². The maximum absolute atomic E-state index is 12.4. The first-order chi connectivity index (χ1) is 9.54. The molecule has 1 aliphatic heterocycles. The van der Waals surface area contributed by atoms with Crippen LogP contribution in [0.2, 0.25) is 0 Å². The molecular formula is C15H20N2O3. The second kappa shape index (κ2) is 4.98. The average molecular weight is 276 g/mol. The van der Waals surface area contributed by atoms with Gasteiger partial charge in [-0.05, 0) is 49.3 Å². The standard InChI is InChI=1S/C15H20N2O3/c16-12(6-9-2-4-13(18)14(19)7-9)15(20)17-8-10-1-3-11(17)5-10/h2,4,7,10-12,18-19H,1,3,5-6,8,16H2/t10?,11?,12-/m0/s1. The minimum atomic E-state index is -0.585. The van der Waals surface area contributed by atoms with Crippen molar-refractivity contribution in [1.29, 1.82) is 0 Å². The quantitative estimate of drug-likeness (QED) is 0.718. The van der Waals surface area contributed by atoms with Crippen LogP contribution in [0, 0.1) is 5.92 Å². The highest BCUT2D eigenvalue weighted by Gasteiger charge is 2.41. The topological polar surface area (TPSA) is 86.8 Å². The van der Waals surface area contributed by atoms with Gasteiger partial charge in [0.1, 0.15) is 0 Å². The Morgan fingerprint density at radius 3 is 2.75 bits per heavy atom. The van der Waals surface area contributed by atoms with Crippen molar-refractivity contribution in [3.8, 4) is 11.5 Å². The van der Waals surface area contributed by atoms with Crippen LogP contribution in [0.15, 0.2) is 18.2 Å². The Hall–Kier alpha value is -1.75. The van der Waals surface area contributed by atoms with Gasteiger partial charge in [-0.2, -0.15) is 0 Å². The molecule has 0 aromatic heterocycles. The molecule has 108 valence electrons. The number of likely N-dealkylation sites (tertiary alicyclic amines) is 1. The summed E-state index contributed by atoms with van der Waals surface area (Å²) < 4.78 is 0. The van der Waals surface area contributed by atoms with E-state index in [2.05, 4.69) is 0 Å². The number of phenolic OH excluding ortho intramolecular Hbond substituents is 2. The molecule has 1 aromatic rings. The molecule has 5 heteroatoms. The second-order valence-corrected chi connectivity index (χ2v) is 5.96. The Kier molecular flexibility index (Phi) is 3.30. The van der Waals surface area contributed by atoms with Crippen LogP contribution in [-0.4, -0.2) is 39.6 Å². The lowest BCUT2D eigenvalue weighted by Crippen LogP contribution is -2.48. The fraction of sp³-hybridized carbons (Fsp3) is 0.533. The molecule has 1 heterocycles. The Balaban J connectivity index is 1.65. The first kappa shape index (κ1) is 13.2. The molecule has 4 N–H and O–H groups in total. The van der Waals surface area contributed by atoms with Gasteiger partial charge in [-0.1, -0.05) is 6.07 Å². The molecule has 20 heavy (non-hydrogen) atoms. The molecule has 2 fully saturated rings. The highest BCUT2D eigenvalue weighted by molar-refractivity contribution is 5.82. The number of carbonyl (C=O) groups is 1. The summed E-state index contributed by atoms with van der Waals surface area (Å²) in [6.07, 6.45) is 3.83. The number of nitrogens with two attached hydrogens (primary N) is 1. The van der Waals surface area contributed by atoms with Crippen molar-refractivity contribution in [2.45, 2.75) is 37.8 Å². The largest absolute Gasteiger partial charge is 0.504 e. The van der Waals surface area contributed by atoms with Gasteiger partial charge in [-0.3, -0.25) is 4.79 Å². The Labute approximate surface area is 118 Å². The van der Waals surface area contributed by atoms with Crippen LogP contribution in [0.3, 0.4) is 0 Å². The zero-order chi connectivity index (χ0) is 14.3. The van der Waals surface area contributed by atoms with Gasteiger partial charge in [0.15, 0.2) is 11.5 Å². The van der Waals surface area contributed by atoms with E-state index in [0.29, 0.717) is 18.4 Å². The number of phenols is 2. The summed E-state index contributed by atoms with van der Waals surface area (Å²) in [5, 5.41) is 18.7. The maximum Gasteiger partial charge on any atom is 0.240 e. The summed E-state index contributed by atoms with van der Waals surface area (Å²) in [5.74, 6) is 0.325. The number of benzene rings is 1. The minimum Gasteiger partial charge on any atom is -0.504 e. The molecule has 5 nitrogen and oxygen atoms in total. The van der Waals surface area contributed by atoms with Crippen LogP contribution >= 0.6 is 0 Å². The van der Waals surface area contributed by atoms with Crippen molar-refractivity contribution in [3.63, 3.8) is 0 Å². The fourth-order valence-electron chi connectivity index (χ4n) is 3.44. The monoisotopic (exact) mass is 276 g/mol. The number of rotatable bonds is 3. The van der Waals surface area contributed by atoms with Crippen molar-refractivity contribution in [2.24, 2.45) is 11.7 Å². The number of hydrogen-bond donors (Lipinski definition) is 3. The Morgan fingerprint density at radius 2 is 2.15 bits per heavy atom. The van der Waals surface area contributed by atoms with E-state index in [1.165, 1.54) is 18.6 Å². The SMILES string of the molecule is N[C@@H](Cc1ccc(O)c(O)c1)C(=O)N1CC2CCC1C2. The van der Waals surface area contributed by atoms with E-state index < -0.39 is 6.04 Å². The van der Waals surface area contributed by atoms with E-state index in [0.717, 1.165) is 24.9 Å². The van der Waals surface area contributed by atoms with Gasteiger partial charge in [0.05, 0.1) is 6.04 Å². The highest BCUT2D eigenvalue weighted by atomic mass is 16.3. The third-order valence-electron chi connectivity index (χ3n) is 4.50. The minimum absolute atomic E-state index is 0.00441. The van der Waals surface area contributed by atoms with Gasteiger partial charge in [-0.25, -0.2) is 0 Å². The maximum atomic E-state index is 12.4. The molecular weight excluding hydrogens is 256 g/mol. The van der Waals surface area contributed by atoms with Crippen molar-refractivity contribution >= 4 is 5.91 Å². The lowest BCUT2D eigenvalue weighted by atomic mass is 10.0. The number of hydrogen-bond acceptors (Lipinski definition) is 4. The molecule has 1 amide bonds. The zero-order valence-electron chi connectivity index (χ0n) is 11.3. The summed E-state index contributed by atoms with van der Waals surface area (Å²) >= 11 is 0. The third-order valence-corrected chi connectivity index (χ3v) is 4.50. The number of nitrogens with zero attached hydrogens (tertiary/aromatic N) is 1. The van der Waals surface area contributed by atoms with Crippen LogP contribution in [0.1, 0.15) is 24.8 Å². The lowest BCUT2D eigenvalue weighted by Gasteiger charge is -2.29. The summed E-state index contributed by atoms with van der Waals surface area (Å²) in [4.78, 5) is 14.3. The van der Waals surface area contributed by atoms with E-state index in [9.17, 15) is 15.0 Å². The van der Waals surface area contributed by atoms with Gasteiger partial charge in [0.2, 0.25) is 5.91 Å². The van der Waals surface area contributed by atoms with Crippen molar-refractivity contribution in [3.05, 3.63) is 23.8 Å². The van der Waals surface area contributed by atoms with Crippen molar-refractivity contribution in [2.75, 3.05) is 6.54 Å². The van der Waals surface area contributed by atoms with Gasteiger partial charge in [-0.15, -0.1) is 0 Å². The van der Waals surface area contributed by atoms with Gasteiger partial charge in [0.25, 0.3) is 0 Å². The van der Waals surface area contributed by atoms with Crippen LogP contribution < -0.4 is 5.73 Å². The number of fused-ring (bicyclic) bond motifs is 2. The van der Waals surface area contributed by atoms with Gasteiger partial charge in [0, 0.05) is 12.6 Å². The Morgan fingerprint density at radius 1 is 1.35 bits per heavy atom. The summed E-state index contributed by atoms with van der Waals surface area (Å²) in [7, 11) is 0. The van der Waals surface area contributed by atoms with Crippen LogP contribution in [0.4, 0.5) is 0 Å². The van der Waals surface area contributed by atoms with Crippen LogP contribution in [-0.2, 0) is 11.2 Å². The number of carbonyl (C=O) groups excluding carboxylic acids is 1. The third kappa shape index (κ3) is 2.33. The summed E-state index contributed by atoms with van der Waals surface area (Å²) in [6.45, 7) is 0.845. The molecule has 1 aliphatic carbocycles. The smallest absolute Gasteiger partial charge is 0.240 e. The van der Waals surface area contributed by atoms with E-state index >= 15 is 0 Å². The zero-order valence-corrected chi connectivity index (χ0v) is 11.3. The first-order valence-electron chi connectivity index (χ1n) is 7.11. The second-order valence-electron chi connectivity index (χ2n) is 5.96. The summed E-state index contributed by atoms with van der Waals surface area (Å²) in [5.41, 5.74) is 6.77. The van der Waals surface area contributed by atoms with E-state index in [4.69, 9.17) is 5.73 Å². The summed E-state index contributed by atoms with van der Waals surface area (Å²) in [6, 6.07) is 4.35. The highest BCUT2D eigenvalue weighted by Crippen LogP contribution is 2.37. The number of piperidine rings is 1. The first-order valence-corrected chi connectivity index (χ1v) is 7.11. The van der Waals surface area contributed by atoms with Crippen LogP contribution in [0.25, 0.3) is 0 Å². The predicted molar refractivity (Wildman–Crippen MR) is 74.3 cm³/mol. The molecule has 2 bridgehead atoms. The molecule has 0 spiro atoms. The van der Waals surface area contributed by atoms with E-state index in [-0.39, 0.29) is 17.4 Å². The number of amides is 1. The normalized spacial score (nSPS) is 25.9. The molecule has 1 saturated heterocycles. The Bertz CT molecular complexity index is 532. The predicted octanol–water partition coefficient (Wildman–Crippen LogP) is 0.979. The molecule has 2 unspecified atom stereocenters. The fourth-order valence-corrected chi connectivity index (χ4v) is 3.44. The lowest BCUT2D eigenvalue weighted by molar-refractivity contribution is -0.134. The molecule has 3 rings (SSSR count). The van der Waals surface area contributed by atoms with E-state index in [1.807, 2.05) is 4.90 Å². The molecule has 1 aromatic carbocycles. The molecule has 0 radical (unpaired) electrons. The van der Waals surface area contributed by atoms with Gasteiger partial charge < -0.3 is 20.8 Å². The number of aromatic hydroxyl groups is 2. The molecule has 1 saturated carbocycles. The van der Waals surface area contributed by atoms with E-state index in [1.54, 1.807) is 6.07 Å². The molecule has 2 aliphatic rings. The van der Waals surface area contributed by atoms with Crippen LogP contribution in [0.5, 0.6) is 11.5 Å². The van der Waals surface area contributed by atoms with Crippen molar-refractivity contribution < 1.29 is 15.0 Å². The average Bonchev–Trinajstić information content (AvgIpc) is 3.04.